The highest BCUT2D eigenvalue weighted by atomic mass is 79.9. The maximum Gasteiger partial charge on any atom is 0.342 e. The number of carboxylic acids is 1. The normalized spacial score (nSPS) is 11.5. The van der Waals surface area contributed by atoms with Crippen molar-refractivity contribution in [3.8, 4) is 28.5 Å². The van der Waals surface area contributed by atoms with Crippen LogP contribution in [0.15, 0.2) is 78.0 Å². The summed E-state index contributed by atoms with van der Waals surface area (Å²) in [6, 6.07) is 16.0. The van der Waals surface area contributed by atoms with Crippen LogP contribution in [0.4, 0.5) is 0 Å². The first-order chi connectivity index (χ1) is 15.4. The largest absolute Gasteiger partial charge is 0.496 e. The molecule has 0 aliphatic carbocycles. The predicted molar refractivity (Wildman–Crippen MR) is 125 cm³/mol. The molecule has 0 aliphatic rings. The minimum atomic E-state index is -1.16. The molecule has 2 aromatic carbocycles. The Morgan fingerprint density at radius 2 is 2.00 bits per heavy atom. The van der Waals surface area contributed by atoms with Crippen molar-refractivity contribution in [2.75, 3.05) is 7.11 Å². The first-order valence-corrected chi connectivity index (χ1v) is 11.1. The van der Waals surface area contributed by atoms with Crippen molar-refractivity contribution >= 4 is 51.3 Å². The number of carbonyl (C=O) groups is 1. The molecular formula is C22H14BrClN2O5S. The van der Waals surface area contributed by atoms with Gasteiger partial charge >= 0.3 is 5.97 Å². The number of methoxy groups -OCH3 is 1. The topological polar surface area (TPSA) is 98.6 Å². The van der Waals surface area contributed by atoms with Crippen molar-refractivity contribution in [1.82, 2.24) is 10.2 Å². The number of hydrogen-bond acceptors (Lipinski definition) is 7. The molecule has 0 fully saturated rings. The Hall–Kier alpha value is -3.01. The lowest BCUT2D eigenvalue weighted by Gasteiger charge is -2.04. The summed E-state index contributed by atoms with van der Waals surface area (Å²) in [4.78, 5) is 11.7. The van der Waals surface area contributed by atoms with Crippen LogP contribution in [0.1, 0.15) is 5.76 Å². The molecule has 0 saturated heterocycles. The number of furan rings is 1. The Balaban J connectivity index is 1.59. The summed E-state index contributed by atoms with van der Waals surface area (Å²) >= 11 is 10.3. The molecule has 162 valence electrons. The van der Waals surface area contributed by atoms with Crippen molar-refractivity contribution in [1.29, 1.82) is 0 Å². The number of aromatic nitrogens is 2. The van der Waals surface area contributed by atoms with Gasteiger partial charge in [-0.15, -0.1) is 10.2 Å². The second-order valence-electron chi connectivity index (χ2n) is 6.35. The standard InChI is InChI=1S/C22H14BrClN2O5S/c1-29-18-7-5-14(24)10-16(18)20-25-26-22(31-20)32-19(21(27)28)11-15-6-8-17(30-15)12-3-2-4-13(23)9-12/h2-11H,1H3,(H,27,28)/b19-11-. The monoisotopic (exact) mass is 532 g/mol. The van der Waals surface area contributed by atoms with E-state index in [4.69, 9.17) is 25.2 Å². The van der Waals surface area contributed by atoms with Gasteiger partial charge in [0.25, 0.3) is 11.1 Å². The molecular weight excluding hydrogens is 520 g/mol. The summed E-state index contributed by atoms with van der Waals surface area (Å²) in [5.41, 5.74) is 1.37. The summed E-state index contributed by atoms with van der Waals surface area (Å²) < 4.78 is 17.6. The van der Waals surface area contributed by atoms with Crippen molar-refractivity contribution in [3.05, 3.63) is 74.8 Å². The summed E-state index contributed by atoms with van der Waals surface area (Å²) in [6.07, 6.45) is 1.40. The second-order valence-corrected chi connectivity index (χ2v) is 8.69. The Labute approximate surface area is 200 Å². The number of benzene rings is 2. The molecule has 0 aliphatic heterocycles. The van der Waals surface area contributed by atoms with E-state index in [-0.39, 0.29) is 16.0 Å². The molecule has 0 atom stereocenters. The number of hydrogen-bond donors (Lipinski definition) is 1. The van der Waals surface area contributed by atoms with E-state index in [0.29, 0.717) is 27.9 Å². The number of carboxylic acid groups (broad SMARTS) is 1. The van der Waals surface area contributed by atoms with E-state index in [2.05, 4.69) is 26.1 Å². The minimum Gasteiger partial charge on any atom is -0.496 e. The molecule has 0 amide bonds. The maximum atomic E-state index is 11.8. The number of nitrogens with zero attached hydrogens (tertiary/aromatic N) is 2. The van der Waals surface area contributed by atoms with Crippen LogP contribution in [0.2, 0.25) is 5.02 Å². The van der Waals surface area contributed by atoms with Crippen LogP contribution < -0.4 is 4.74 Å². The highest BCUT2D eigenvalue weighted by Crippen LogP contribution is 2.35. The van der Waals surface area contributed by atoms with E-state index in [0.717, 1.165) is 21.8 Å². The summed E-state index contributed by atoms with van der Waals surface area (Å²) in [5.74, 6) is 0.489. The third kappa shape index (κ3) is 5.07. The summed E-state index contributed by atoms with van der Waals surface area (Å²) in [5, 5.41) is 18.1. The lowest BCUT2D eigenvalue weighted by atomic mass is 10.2. The third-order valence-corrected chi connectivity index (χ3v) is 5.80. The fourth-order valence-corrected chi connectivity index (χ4v) is 4.02. The van der Waals surface area contributed by atoms with Gasteiger partial charge in [0.2, 0.25) is 0 Å². The minimum absolute atomic E-state index is 0.0478. The highest BCUT2D eigenvalue weighted by molar-refractivity contribution is 9.10. The SMILES string of the molecule is COc1ccc(Cl)cc1-c1nnc(S/C(=C\c2ccc(-c3cccc(Br)c3)o2)C(=O)O)o1. The fourth-order valence-electron chi connectivity index (χ4n) is 2.79. The zero-order valence-electron chi connectivity index (χ0n) is 16.4. The van der Waals surface area contributed by atoms with Crippen molar-refractivity contribution in [3.63, 3.8) is 0 Å². The van der Waals surface area contributed by atoms with Gasteiger partial charge in [-0.1, -0.05) is 39.7 Å². The molecule has 7 nitrogen and oxygen atoms in total. The fraction of sp³-hybridized carbons (Fsp3) is 0.0455. The van der Waals surface area contributed by atoms with Crippen LogP contribution in [0.5, 0.6) is 5.75 Å². The van der Waals surface area contributed by atoms with Crippen LogP contribution in [-0.2, 0) is 4.79 Å². The van der Waals surface area contributed by atoms with Gasteiger partial charge in [-0.3, -0.25) is 0 Å². The Morgan fingerprint density at radius 1 is 1.16 bits per heavy atom. The molecule has 0 bridgehead atoms. The van der Waals surface area contributed by atoms with Gasteiger partial charge in [-0.25, -0.2) is 4.79 Å². The van der Waals surface area contributed by atoms with Crippen molar-refractivity contribution < 1.29 is 23.5 Å². The number of rotatable bonds is 7. The van der Waals surface area contributed by atoms with Crippen LogP contribution in [0, 0.1) is 0 Å². The van der Waals surface area contributed by atoms with E-state index >= 15 is 0 Å². The Morgan fingerprint density at radius 3 is 2.75 bits per heavy atom. The molecule has 1 N–H and O–H groups in total. The average Bonchev–Trinajstić information content (AvgIpc) is 3.43. The average molecular weight is 534 g/mol. The molecule has 2 aromatic heterocycles. The first kappa shape index (κ1) is 22.2. The molecule has 4 aromatic rings. The first-order valence-electron chi connectivity index (χ1n) is 9.09. The lowest BCUT2D eigenvalue weighted by Crippen LogP contribution is -1.96. The predicted octanol–water partition coefficient (Wildman–Crippen LogP) is 6.64. The van der Waals surface area contributed by atoms with Gasteiger partial charge in [-0.05, 0) is 54.2 Å². The zero-order valence-corrected chi connectivity index (χ0v) is 19.6. The van der Waals surface area contributed by atoms with Gasteiger partial charge in [0.1, 0.15) is 22.2 Å². The van der Waals surface area contributed by atoms with Crippen molar-refractivity contribution in [2.45, 2.75) is 5.22 Å². The molecule has 10 heteroatoms. The van der Waals surface area contributed by atoms with E-state index < -0.39 is 5.97 Å². The van der Waals surface area contributed by atoms with Gasteiger partial charge < -0.3 is 18.7 Å². The van der Waals surface area contributed by atoms with Crippen LogP contribution in [-0.4, -0.2) is 28.4 Å². The number of ether oxygens (including phenoxy) is 1. The lowest BCUT2D eigenvalue weighted by molar-refractivity contribution is -0.131. The number of thioether (sulfide) groups is 1. The van der Waals surface area contributed by atoms with E-state index in [1.807, 2.05) is 24.3 Å². The Kier molecular flexibility index (Phi) is 6.69. The molecule has 0 saturated carbocycles. The Bertz CT molecular complexity index is 1320. The molecule has 4 rings (SSSR count). The highest BCUT2D eigenvalue weighted by Gasteiger charge is 2.19. The van der Waals surface area contributed by atoms with Crippen LogP contribution >= 0.6 is 39.3 Å². The molecule has 0 spiro atoms. The van der Waals surface area contributed by atoms with Crippen molar-refractivity contribution in [2.24, 2.45) is 0 Å². The van der Waals surface area contributed by atoms with Gasteiger partial charge in [0.05, 0.1) is 12.7 Å². The molecule has 2 heterocycles. The molecule has 32 heavy (non-hydrogen) atoms. The van der Waals surface area contributed by atoms with Gasteiger partial charge in [0.15, 0.2) is 0 Å². The molecule has 0 unspecified atom stereocenters. The quantitative estimate of drug-likeness (QED) is 0.208. The number of halogens is 2. The third-order valence-electron chi connectivity index (χ3n) is 4.22. The second kappa shape index (κ2) is 9.64. The summed E-state index contributed by atoms with van der Waals surface area (Å²) in [6.45, 7) is 0. The zero-order chi connectivity index (χ0) is 22.7. The van der Waals surface area contributed by atoms with Gasteiger partial charge in [0, 0.05) is 21.1 Å². The summed E-state index contributed by atoms with van der Waals surface area (Å²) in [7, 11) is 1.51. The van der Waals surface area contributed by atoms with E-state index in [9.17, 15) is 9.90 Å². The maximum absolute atomic E-state index is 11.8. The van der Waals surface area contributed by atoms with Crippen LogP contribution in [0.25, 0.3) is 28.9 Å². The smallest absolute Gasteiger partial charge is 0.342 e. The molecule has 0 radical (unpaired) electrons. The number of aliphatic carboxylic acids is 1. The van der Waals surface area contributed by atoms with E-state index in [1.165, 1.54) is 13.2 Å². The van der Waals surface area contributed by atoms with Crippen LogP contribution in [0.3, 0.4) is 0 Å². The van der Waals surface area contributed by atoms with E-state index in [1.54, 1.807) is 30.3 Å². The van der Waals surface area contributed by atoms with Gasteiger partial charge in [-0.2, -0.15) is 0 Å².